The van der Waals surface area contributed by atoms with Crippen molar-refractivity contribution in [1.29, 1.82) is 0 Å². The van der Waals surface area contributed by atoms with Crippen LogP contribution in [-0.2, 0) is 10.2 Å². The van der Waals surface area contributed by atoms with E-state index in [9.17, 15) is 8.42 Å². The monoisotopic (exact) mass is 193 g/mol. The highest BCUT2D eigenvalue weighted by Crippen LogP contribution is 2.08. The fourth-order valence-corrected chi connectivity index (χ4v) is 2.22. The lowest BCUT2D eigenvalue weighted by molar-refractivity contribution is 0.242. The van der Waals surface area contributed by atoms with Crippen LogP contribution >= 0.6 is 0 Å². The van der Waals surface area contributed by atoms with Crippen LogP contribution in [0.2, 0.25) is 0 Å². The van der Waals surface area contributed by atoms with Crippen LogP contribution in [0, 0.1) is 0 Å². The van der Waals surface area contributed by atoms with Gasteiger partial charge in [0, 0.05) is 19.6 Å². The first-order valence-electron chi connectivity index (χ1n) is 4.06. The summed E-state index contributed by atoms with van der Waals surface area (Å²) in [5.74, 6) is 0. The molecule has 12 heavy (non-hydrogen) atoms. The molecule has 1 saturated heterocycles. The lowest BCUT2D eigenvalue weighted by atomic mass is 10.2. The van der Waals surface area contributed by atoms with E-state index in [4.69, 9.17) is 5.14 Å². The minimum Gasteiger partial charge on any atom is -0.313 e. The topological polar surface area (TPSA) is 75.4 Å². The minimum absolute atomic E-state index is 0.0694. The molecule has 0 aliphatic carbocycles. The van der Waals surface area contributed by atoms with Gasteiger partial charge in [0.25, 0.3) is 10.2 Å². The zero-order valence-corrected chi connectivity index (χ0v) is 7.97. The van der Waals surface area contributed by atoms with Crippen molar-refractivity contribution in [2.75, 3.05) is 19.6 Å². The van der Waals surface area contributed by atoms with Gasteiger partial charge >= 0.3 is 0 Å². The Labute approximate surface area is 73.1 Å². The number of nitrogens with two attached hydrogens (primary N) is 1. The molecule has 0 aromatic rings. The van der Waals surface area contributed by atoms with E-state index < -0.39 is 10.2 Å². The number of hydrogen-bond acceptors (Lipinski definition) is 3. The summed E-state index contributed by atoms with van der Waals surface area (Å²) < 4.78 is 23.4. The third-order valence-electron chi connectivity index (χ3n) is 1.94. The Morgan fingerprint density at radius 2 is 2.17 bits per heavy atom. The SMILES string of the molecule is CCCN(C1CNC1)S(N)(=O)=O. The predicted molar refractivity (Wildman–Crippen MR) is 46.8 cm³/mol. The van der Waals surface area contributed by atoms with Gasteiger partial charge in [-0.05, 0) is 6.42 Å². The molecule has 1 fully saturated rings. The molecule has 0 bridgehead atoms. The molecule has 1 aliphatic rings. The Morgan fingerprint density at radius 3 is 2.42 bits per heavy atom. The highest BCUT2D eigenvalue weighted by atomic mass is 32.2. The van der Waals surface area contributed by atoms with E-state index in [1.54, 1.807) is 0 Å². The van der Waals surface area contributed by atoms with Crippen LogP contribution in [0.5, 0.6) is 0 Å². The largest absolute Gasteiger partial charge is 0.313 e. The van der Waals surface area contributed by atoms with Crippen molar-refractivity contribution in [2.24, 2.45) is 5.14 Å². The summed E-state index contributed by atoms with van der Waals surface area (Å²) in [7, 11) is -3.49. The summed E-state index contributed by atoms with van der Waals surface area (Å²) in [6.07, 6.45) is 0.799. The molecule has 72 valence electrons. The average Bonchev–Trinajstić information content (AvgIpc) is 1.80. The number of nitrogens with one attached hydrogen (secondary N) is 1. The summed E-state index contributed by atoms with van der Waals surface area (Å²) >= 11 is 0. The third-order valence-corrected chi connectivity index (χ3v) is 3.07. The molecule has 1 heterocycles. The van der Waals surface area contributed by atoms with E-state index in [1.807, 2.05) is 6.92 Å². The van der Waals surface area contributed by atoms with Crippen molar-refractivity contribution in [3.8, 4) is 0 Å². The van der Waals surface area contributed by atoms with Crippen LogP contribution in [0.4, 0.5) is 0 Å². The smallest absolute Gasteiger partial charge is 0.277 e. The van der Waals surface area contributed by atoms with E-state index in [2.05, 4.69) is 5.32 Å². The van der Waals surface area contributed by atoms with Gasteiger partial charge in [-0.15, -0.1) is 0 Å². The fourth-order valence-electron chi connectivity index (χ4n) is 1.22. The summed E-state index contributed by atoms with van der Waals surface area (Å²) in [4.78, 5) is 0. The predicted octanol–water partition coefficient (Wildman–Crippen LogP) is -1.13. The van der Waals surface area contributed by atoms with Gasteiger partial charge in [0.05, 0.1) is 6.04 Å². The second-order valence-electron chi connectivity index (χ2n) is 2.97. The van der Waals surface area contributed by atoms with Crippen LogP contribution in [0.1, 0.15) is 13.3 Å². The highest BCUT2D eigenvalue weighted by molar-refractivity contribution is 7.86. The van der Waals surface area contributed by atoms with Gasteiger partial charge in [-0.25, -0.2) is 5.14 Å². The molecule has 0 unspecified atom stereocenters. The molecule has 1 rings (SSSR count). The first kappa shape index (κ1) is 9.91. The molecule has 1 aliphatic heterocycles. The first-order chi connectivity index (χ1) is 5.55. The van der Waals surface area contributed by atoms with Crippen LogP contribution in [0.25, 0.3) is 0 Å². The molecule has 3 N–H and O–H groups in total. The Balaban J connectivity index is 2.60. The fraction of sp³-hybridized carbons (Fsp3) is 1.00. The minimum atomic E-state index is -3.49. The van der Waals surface area contributed by atoms with Gasteiger partial charge in [0.2, 0.25) is 0 Å². The van der Waals surface area contributed by atoms with Crippen LogP contribution in [-0.4, -0.2) is 38.4 Å². The zero-order valence-electron chi connectivity index (χ0n) is 7.16. The summed E-state index contributed by atoms with van der Waals surface area (Å²) in [5, 5.41) is 8.06. The average molecular weight is 193 g/mol. The van der Waals surface area contributed by atoms with Crippen molar-refractivity contribution in [3.05, 3.63) is 0 Å². The molecule has 0 aromatic carbocycles. The Morgan fingerprint density at radius 1 is 1.58 bits per heavy atom. The zero-order chi connectivity index (χ0) is 9.19. The van der Waals surface area contributed by atoms with Gasteiger partial charge in [0.1, 0.15) is 0 Å². The Bertz CT molecular complexity index is 235. The molecule has 5 nitrogen and oxygen atoms in total. The maximum Gasteiger partial charge on any atom is 0.277 e. The van der Waals surface area contributed by atoms with E-state index in [0.29, 0.717) is 6.54 Å². The Hall–Kier alpha value is -0.170. The van der Waals surface area contributed by atoms with Crippen molar-refractivity contribution in [2.45, 2.75) is 19.4 Å². The standard InChI is InChI=1S/C6H15N3O2S/c1-2-3-9(12(7,10)11)6-4-8-5-6/h6,8H,2-5H2,1H3,(H2,7,10,11). The van der Waals surface area contributed by atoms with E-state index in [-0.39, 0.29) is 6.04 Å². The molecular formula is C6H15N3O2S. The lowest BCUT2D eigenvalue weighted by Gasteiger charge is -2.35. The molecule has 0 aromatic heterocycles. The normalized spacial score (nSPS) is 19.6. The highest BCUT2D eigenvalue weighted by Gasteiger charge is 2.30. The van der Waals surface area contributed by atoms with Crippen LogP contribution in [0.15, 0.2) is 0 Å². The number of hydrogen-bond donors (Lipinski definition) is 2. The van der Waals surface area contributed by atoms with Gasteiger partial charge in [-0.1, -0.05) is 6.92 Å². The Kier molecular flexibility index (Phi) is 3.05. The molecule has 6 heteroatoms. The molecular weight excluding hydrogens is 178 g/mol. The van der Waals surface area contributed by atoms with Gasteiger partial charge in [-0.2, -0.15) is 12.7 Å². The van der Waals surface area contributed by atoms with Gasteiger partial charge < -0.3 is 5.32 Å². The van der Waals surface area contributed by atoms with Crippen molar-refractivity contribution >= 4 is 10.2 Å². The third kappa shape index (κ3) is 2.16. The molecule has 0 radical (unpaired) electrons. The van der Waals surface area contributed by atoms with Crippen LogP contribution in [0.3, 0.4) is 0 Å². The first-order valence-corrected chi connectivity index (χ1v) is 5.56. The van der Waals surface area contributed by atoms with Crippen molar-refractivity contribution in [1.82, 2.24) is 9.62 Å². The van der Waals surface area contributed by atoms with E-state index in [0.717, 1.165) is 19.5 Å². The lowest BCUT2D eigenvalue weighted by Crippen LogP contribution is -2.60. The van der Waals surface area contributed by atoms with E-state index >= 15 is 0 Å². The molecule has 0 saturated carbocycles. The summed E-state index contributed by atoms with van der Waals surface area (Å²) in [6, 6.07) is 0.0694. The molecule has 0 spiro atoms. The number of rotatable bonds is 4. The molecule has 0 atom stereocenters. The summed E-state index contributed by atoms with van der Waals surface area (Å²) in [5.41, 5.74) is 0. The maximum atomic E-state index is 11.0. The summed E-state index contributed by atoms with van der Waals surface area (Å²) in [6.45, 7) is 3.89. The van der Waals surface area contributed by atoms with E-state index in [1.165, 1.54) is 4.31 Å². The van der Waals surface area contributed by atoms with Crippen molar-refractivity contribution in [3.63, 3.8) is 0 Å². The van der Waals surface area contributed by atoms with Gasteiger partial charge in [0.15, 0.2) is 0 Å². The second-order valence-corrected chi connectivity index (χ2v) is 4.47. The second kappa shape index (κ2) is 3.69. The maximum absolute atomic E-state index is 11.0. The van der Waals surface area contributed by atoms with Crippen molar-refractivity contribution < 1.29 is 8.42 Å². The van der Waals surface area contributed by atoms with Gasteiger partial charge in [-0.3, -0.25) is 0 Å². The quantitative estimate of drug-likeness (QED) is 0.593. The van der Waals surface area contributed by atoms with Crippen LogP contribution < -0.4 is 10.5 Å². The molecule has 0 amide bonds. The number of nitrogens with zero attached hydrogens (tertiary/aromatic N) is 1.